The van der Waals surface area contributed by atoms with E-state index >= 15 is 0 Å². The number of hydrogen-bond acceptors (Lipinski definition) is 3. The highest BCUT2D eigenvalue weighted by Crippen LogP contribution is 2.33. The van der Waals surface area contributed by atoms with E-state index in [4.69, 9.17) is 0 Å². The third kappa shape index (κ3) is 2.07. The van der Waals surface area contributed by atoms with Crippen LogP contribution in [0.25, 0.3) is 0 Å². The molecule has 3 nitrogen and oxygen atoms in total. The van der Waals surface area contributed by atoms with E-state index in [1.54, 1.807) is 6.92 Å². The van der Waals surface area contributed by atoms with E-state index in [2.05, 4.69) is 15.9 Å². The van der Waals surface area contributed by atoms with Crippen LogP contribution in [0.4, 0.5) is 0 Å². The second-order valence-corrected chi connectivity index (χ2v) is 6.84. The molecule has 0 N–H and O–H groups in total. The predicted octanol–water partition coefficient (Wildman–Crippen LogP) is 1.12. The molecule has 0 aromatic heterocycles. The van der Waals surface area contributed by atoms with E-state index in [1.807, 2.05) is 0 Å². The molecule has 1 rings (SSSR count). The Labute approximate surface area is 80.6 Å². The topological polar surface area (TPSA) is 51.2 Å². The third-order valence-corrected chi connectivity index (χ3v) is 5.75. The first-order valence-corrected chi connectivity index (χ1v) is 6.51. The fourth-order valence-corrected chi connectivity index (χ4v) is 2.88. The minimum absolute atomic E-state index is 0.00398. The maximum atomic E-state index is 11.3. The summed E-state index contributed by atoms with van der Waals surface area (Å²) in [7, 11) is -3.24. The van der Waals surface area contributed by atoms with Crippen LogP contribution in [-0.2, 0) is 14.6 Å². The van der Waals surface area contributed by atoms with E-state index in [0.29, 0.717) is 0 Å². The average Bonchev–Trinajstić information content (AvgIpc) is 2.84. The van der Waals surface area contributed by atoms with Gasteiger partial charge in [-0.2, -0.15) is 0 Å². The Balaban J connectivity index is 2.69. The van der Waals surface area contributed by atoms with Gasteiger partial charge in [0.25, 0.3) is 0 Å². The smallest absolute Gasteiger partial charge is 0.174 e. The Morgan fingerprint density at radius 1 is 1.58 bits per heavy atom. The molecule has 1 fully saturated rings. The zero-order valence-electron chi connectivity index (χ0n) is 6.79. The summed E-state index contributed by atoms with van der Waals surface area (Å²) < 4.78 is 21.4. The van der Waals surface area contributed by atoms with Crippen molar-refractivity contribution in [3.05, 3.63) is 0 Å². The van der Waals surface area contributed by atoms with Gasteiger partial charge >= 0.3 is 0 Å². The molecule has 0 aliphatic heterocycles. The van der Waals surface area contributed by atoms with Gasteiger partial charge in [-0.15, -0.1) is 0 Å². The maximum absolute atomic E-state index is 11.3. The van der Waals surface area contributed by atoms with Crippen LogP contribution in [0.1, 0.15) is 19.8 Å². The molecule has 5 heteroatoms. The molecule has 12 heavy (non-hydrogen) atoms. The molecule has 1 saturated carbocycles. The number of rotatable bonds is 4. The zero-order chi connectivity index (χ0) is 9.35. The van der Waals surface area contributed by atoms with Crippen molar-refractivity contribution in [1.29, 1.82) is 0 Å². The summed E-state index contributed by atoms with van der Waals surface area (Å²) in [6.07, 6.45) is 1.69. The number of sulfone groups is 1. The van der Waals surface area contributed by atoms with Crippen LogP contribution in [0.5, 0.6) is 0 Å². The van der Waals surface area contributed by atoms with Crippen LogP contribution in [-0.4, -0.2) is 24.1 Å². The molecule has 0 heterocycles. The lowest BCUT2D eigenvalue weighted by Gasteiger charge is -2.06. The molecule has 0 aromatic rings. The quantitative estimate of drug-likeness (QED) is 0.707. The van der Waals surface area contributed by atoms with E-state index in [9.17, 15) is 13.2 Å². The Bertz CT molecular complexity index is 279. The lowest BCUT2D eigenvalue weighted by molar-refractivity contribution is -0.118. The second kappa shape index (κ2) is 3.46. The molecule has 1 aliphatic carbocycles. The first kappa shape index (κ1) is 10.2. The zero-order valence-corrected chi connectivity index (χ0v) is 9.19. The van der Waals surface area contributed by atoms with Gasteiger partial charge in [-0.25, -0.2) is 8.42 Å². The van der Waals surface area contributed by atoms with Gasteiger partial charge in [0, 0.05) is 11.7 Å². The van der Waals surface area contributed by atoms with E-state index in [0.717, 1.165) is 12.8 Å². The Morgan fingerprint density at radius 2 is 2.08 bits per heavy atom. The molecule has 70 valence electrons. The van der Waals surface area contributed by atoms with Crippen LogP contribution in [0.3, 0.4) is 0 Å². The molecule has 1 atom stereocenters. The van der Waals surface area contributed by atoms with Crippen LogP contribution in [0.2, 0.25) is 0 Å². The Kier molecular flexibility index (Phi) is 2.93. The summed E-state index contributed by atoms with van der Waals surface area (Å²) in [5.41, 5.74) is 0. The molecule has 0 radical (unpaired) electrons. The SMILES string of the molecule is CCS(=O)(=O)C(Br)C(=O)C1CC1. The minimum Gasteiger partial charge on any atom is -0.297 e. The van der Waals surface area contributed by atoms with Crippen LogP contribution in [0, 0.1) is 5.92 Å². The molecule has 1 aliphatic rings. The van der Waals surface area contributed by atoms with Gasteiger partial charge in [-0.1, -0.05) is 22.9 Å². The molecule has 0 aromatic carbocycles. The first-order valence-electron chi connectivity index (χ1n) is 3.88. The number of alkyl halides is 1. The van der Waals surface area contributed by atoms with Crippen molar-refractivity contribution in [2.45, 2.75) is 23.9 Å². The minimum atomic E-state index is -3.24. The van der Waals surface area contributed by atoms with Gasteiger partial charge in [-0.3, -0.25) is 4.79 Å². The number of carbonyl (C=O) groups is 1. The normalized spacial score (nSPS) is 20.5. The van der Waals surface area contributed by atoms with Crippen molar-refractivity contribution in [3.8, 4) is 0 Å². The fourth-order valence-electron chi connectivity index (χ4n) is 0.876. The molecule has 0 amide bonds. The van der Waals surface area contributed by atoms with Crippen LogP contribution < -0.4 is 0 Å². The van der Waals surface area contributed by atoms with Crippen molar-refractivity contribution in [2.75, 3.05) is 5.75 Å². The molecule has 0 bridgehead atoms. The maximum Gasteiger partial charge on any atom is 0.174 e. The monoisotopic (exact) mass is 254 g/mol. The number of Topliss-reactive ketones (excluding diaryl/α,β-unsaturated/α-hetero) is 1. The fraction of sp³-hybridized carbons (Fsp3) is 0.857. The van der Waals surface area contributed by atoms with Gasteiger partial charge in [0.2, 0.25) is 0 Å². The van der Waals surface area contributed by atoms with Crippen LogP contribution in [0.15, 0.2) is 0 Å². The van der Waals surface area contributed by atoms with Gasteiger partial charge in [0.15, 0.2) is 19.8 Å². The summed E-state index contributed by atoms with van der Waals surface area (Å²) in [6.45, 7) is 1.55. The highest BCUT2D eigenvalue weighted by atomic mass is 79.9. The third-order valence-electron chi connectivity index (χ3n) is 1.92. The second-order valence-electron chi connectivity index (χ2n) is 2.94. The van der Waals surface area contributed by atoms with Gasteiger partial charge in [0.1, 0.15) is 0 Å². The summed E-state index contributed by atoms with van der Waals surface area (Å²) in [4.78, 5) is 11.3. The summed E-state index contributed by atoms with van der Waals surface area (Å²) in [5, 5.41) is 0. The van der Waals surface area contributed by atoms with Crippen molar-refractivity contribution < 1.29 is 13.2 Å². The summed E-state index contributed by atoms with van der Waals surface area (Å²) in [5.74, 6) is -0.158. The van der Waals surface area contributed by atoms with Crippen molar-refractivity contribution in [3.63, 3.8) is 0 Å². The van der Waals surface area contributed by atoms with E-state index in [1.165, 1.54) is 0 Å². The van der Waals surface area contributed by atoms with E-state index < -0.39 is 14.0 Å². The molecule has 0 spiro atoms. The highest BCUT2D eigenvalue weighted by molar-refractivity contribution is 9.11. The van der Waals surface area contributed by atoms with E-state index in [-0.39, 0.29) is 17.5 Å². The number of carbonyl (C=O) groups excluding carboxylic acids is 1. The van der Waals surface area contributed by atoms with Crippen molar-refractivity contribution >= 4 is 31.6 Å². The average molecular weight is 255 g/mol. The number of ketones is 1. The molecule has 0 saturated heterocycles. The lowest BCUT2D eigenvalue weighted by atomic mass is 10.3. The summed E-state index contributed by atoms with van der Waals surface area (Å²) in [6, 6.07) is 0. The standard InChI is InChI=1S/C7H11BrO3S/c1-2-12(10,11)7(8)6(9)5-3-4-5/h5,7H,2-4H2,1H3. The molecular weight excluding hydrogens is 244 g/mol. The van der Waals surface area contributed by atoms with Crippen molar-refractivity contribution in [2.24, 2.45) is 5.92 Å². The van der Waals surface area contributed by atoms with Gasteiger partial charge in [-0.05, 0) is 12.8 Å². The van der Waals surface area contributed by atoms with Crippen LogP contribution >= 0.6 is 15.9 Å². The van der Waals surface area contributed by atoms with Gasteiger partial charge < -0.3 is 0 Å². The summed E-state index contributed by atoms with van der Waals surface area (Å²) >= 11 is 2.93. The van der Waals surface area contributed by atoms with Crippen molar-refractivity contribution in [1.82, 2.24) is 0 Å². The molecular formula is C7H11BrO3S. The number of hydrogen-bond donors (Lipinski definition) is 0. The predicted molar refractivity (Wildman–Crippen MR) is 49.9 cm³/mol. The largest absolute Gasteiger partial charge is 0.297 e. The Hall–Kier alpha value is 0.1000. The molecule has 1 unspecified atom stereocenters. The lowest BCUT2D eigenvalue weighted by Crippen LogP contribution is -2.27. The first-order chi connectivity index (χ1) is 5.49. The number of halogens is 1. The Morgan fingerprint density at radius 3 is 2.42 bits per heavy atom. The highest BCUT2D eigenvalue weighted by Gasteiger charge is 2.38. The van der Waals surface area contributed by atoms with Gasteiger partial charge in [0.05, 0.1) is 0 Å².